The first-order valence-electron chi connectivity index (χ1n) is 6.06. The topological polar surface area (TPSA) is 43.8 Å². The van der Waals surface area contributed by atoms with Crippen LogP contribution in [0.1, 0.15) is 44.2 Å². The molecule has 2 N–H and O–H groups in total. The fraction of sp³-hybridized carbons (Fsp3) is 0.462. The summed E-state index contributed by atoms with van der Waals surface area (Å²) in [6.45, 7) is 5.67. The number of nitrogens with two attached hydrogens (primary N) is 1. The summed E-state index contributed by atoms with van der Waals surface area (Å²) in [6, 6.07) is 3.36. The van der Waals surface area contributed by atoms with E-state index in [1.807, 2.05) is 18.4 Å². The molecule has 0 fully saturated rings. The Morgan fingerprint density at radius 1 is 1.21 bits per heavy atom. The molecule has 2 aromatic rings. The molecule has 0 radical (unpaired) electrons. The third kappa shape index (κ3) is 2.45. The van der Waals surface area contributed by atoms with Gasteiger partial charge in [0.25, 0.3) is 0 Å². The molecular weight excluding hydrogens is 255 g/mol. The van der Waals surface area contributed by atoms with E-state index in [1.165, 1.54) is 6.07 Å². The van der Waals surface area contributed by atoms with Crippen LogP contribution in [0, 0.1) is 0 Å². The Balaban J connectivity index is 2.70. The number of rotatable bonds is 2. The highest BCUT2D eigenvalue weighted by atomic mass is 19.4. The quantitative estimate of drug-likeness (QED) is 0.906. The minimum Gasteiger partial charge on any atom is -0.324 e. The van der Waals surface area contributed by atoms with E-state index in [9.17, 15) is 13.2 Å². The number of fused-ring (bicyclic) bond motifs is 1. The molecule has 6 heteroatoms. The Morgan fingerprint density at radius 2 is 1.84 bits per heavy atom. The van der Waals surface area contributed by atoms with Gasteiger partial charge in [-0.15, -0.1) is 0 Å². The third-order valence-corrected chi connectivity index (χ3v) is 2.97. The van der Waals surface area contributed by atoms with Crippen LogP contribution in [0.25, 0.3) is 11.0 Å². The lowest BCUT2D eigenvalue weighted by molar-refractivity contribution is -0.137. The average molecular weight is 271 g/mol. The van der Waals surface area contributed by atoms with Crippen molar-refractivity contribution in [1.82, 2.24) is 9.55 Å². The number of alkyl halides is 3. The van der Waals surface area contributed by atoms with E-state index in [-0.39, 0.29) is 12.1 Å². The molecule has 0 aliphatic carbocycles. The Hall–Kier alpha value is -1.56. The van der Waals surface area contributed by atoms with Gasteiger partial charge in [0.05, 0.1) is 22.6 Å². The lowest BCUT2D eigenvalue weighted by atomic mass is 10.2. The molecule has 1 atom stereocenters. The number of benzene rings is 1. The largest absolute Gasteiger partial charge is 0.416 e. The molecule has 19 heavy (non-hydrogen) atoms. The van der Waals surface area contributed by atoms with Gasteiger partial charge in [-0.25, -0.2) is 4.98 Å². The summed E-state index contributed by atoms with van der Waals surface area (Å²) < 4.78 is 39.9. The molecule has 2 rings (SSSR count). The minimum atomic E-state index is -4.36. The van der Waals surface area contributed by atoms with Gasteiger partial charge in [0.1, 0.15) is 5.82 Å². The Labute approximate surface area is 109 Å². The maximum atomic E-state index is 12.7. The number of imidazole rings is 1. The molecular formula is C13H16F3N3. The van der Waals surface area contributed by atoms with Gasteiger partial charge < -0.3 is 10.3 Å². The molecule has 0 spiro atoms. The first kappa shape index (κ1) is 13.9. The molecule has 3 nitrogen and oxygen atoms in total. The molecule has 0 amide bonds. The maximum absolute atomic E-state index is 12.7. The van der Waals surface area contributed by atoms with Crippen LogP contribution in [-0.4, -0.2) is 9.55 Å². The van der Waals surface area contributed by atoms with E-state index in [0.29, 0.717) is 16.9 Å². The summed E-state index contributed by atoms with van der Waals surface area (Å²) in [5.41, 5.74) is 6.15. The zero-order valence-electron chi connectivity index (χ0n) is 11.0. The number of halogens is 3. The molecule has 0 saturated carbocycles. The van der Waals surface area contributed by atoms with Gasteiger partial charge in [-0.05, 0) is 39.0 Å². The smallest absolute Gasteiger partial charge is 0.324 e. The predicted octanol–water partition coefficient (Wildman–Crippen LogP) is 3.66. The van der Waals surface area contributed by atoms with Gasteiger partial charge in [0.15, 0.2) is 0 Å². The van der Waals surface area contributed by atoms with Crippen LogP contribution in [0.15, 0.2) is 18.2 Å². The van der Waals surface area contributed by atoms with Crippen molar-refractivity contribution in [2.75, 3.05) is 0 Å². The van der Waals surface area contributed by atoms with E-state index in [1.54, 1.807) is 6.92 Å². The van der Waals surface area contributed by atoms with Gasteiger partial charge in [0, 0.05) is 6.04 Å². The monoisotopic (exact) mass is 271 g/mol. The predicted molar refractivity (Wildman–Crippen MR) is 67.7 cm³/mol. The summed E-state index contributed by atoms with van der Waals surface area (Å²) >= 11 is 0. The summed E-state index contributed by atoms with van der Waals surface area (Å²) in [5.74, 6) is 0.601. The second-order valence-corrected chi connectivity index (χ2v) is 4.92. The minimum absolute atomic E-state index is 0.0859. The van der Waals surface area contributed by atoms with Crippen molar-refractivity contribution >= 4 is 11.0 Å². The second-order valence-electron chi connectivity index (χ2n) is 4.92. The van der Waals surface area contributed by atoms with Crippen molar-refractivity contribution in [2.45, 2.75) is 39.0 Å². The highest BCUT2D eigenvalue weighted by molar-refractivity contribution is 5.77. The van der Waals surface area contributed by atoms with Crippen LogP contribution in [-0.2, 0) is 6.18 Å². The van der Waals surface area contributed by atoms with Gasteiger partial charge in [-0.1, -0.05) is 0 Å². The summed E-state index contributed by atoms with van der Waals surface area (Å²) in [5, 5.41) is 0. The van der Waals surface area contributed by atoms with Crippen LogP contribution < -0.4 is 5.73 Å². The lowest BCUT2D eigenvalue weighted by Gasteiger charge is -2.15. The highest BCUT2D eigenvalue weighted by Gasteiger charge is 2.31. The van der Waals surface area contributed by atoms with Gasteiger partial charge in [-0.3, -0.25) is 0 Å². The van der Waals surface area contributed by atoms with Crippen LogP contribution in [0.2, 0.25) is 0 Å². The molecule has 0 aliphatic rings. The van der Waals surface area contributed by atoms with E-state index in [4.69, 9.17) is 5.73 Å². The summed E-state index contributed by atoms with van der Waals surface area (Å²) in [4.78, 5) is 4.25. The molecule has 0 bridgehead atoms. The molecule has 1 aromatic heterocycles. The Morgan fingerprint density at radius 3 is 2.32 bits per heavy atom. The summed E-state index contributed by atoms with van der Waals surface area (Å²) in [6.07, 6.45) is -4.36. The van der Waals surface area contributed by atoms with E-state index in [0.717, 1.165) is 12.1 Å². The van der Waals surface area contributed by atoms with Crippen molar-refractivity contribution in [3.05, 3.63) is 29.6 Å². The molecule has 1 aromatic carbocycles. The zero-order valence-corrected chi connectivity index (χ0v) is 11.0. The maximum Gasteiger partial charge on any atom is 0.416 e. The van der Waals surface area contributed by atoms with Crippen LogP contribution >= 0.6 is 0 Å². The van der Waals surface area contributed by atoms with Crippen molar-refractivity contribution < 1.29 is 13.2 Å². The first-order chi connectivity index (χ1) is 8.71. The van der Waals surface area contributed by atoms with Crippen LogP contribution in [0.4, 0.5) is 13.2 Å². The van der Waals surface area contributed by atoms with Gasteiger partial charge in [0.2, 0.25) is 0 Å². The van der Waals surface area contributed by atoms with Crippen molar-refractivity contribution in [3.63, 3.8) is 0 Å². The molecule has 0 saturated heterocycles. The van der Waals surface area contributed by atoms with Crippen molar-refractivity contribution in [1.29, 1.82) is 0 Å². The van der Waals surface area contributed by atoms with Crippen molar-refractivity contribution in [2.24, 2.45) is 5.73 Å². The van der Waals surface area contributed by atoms with E-state index < -0.39 is 11.7 Å². The van der Waals surface area contributed by atoms with E-state index in [2.05, 4.69) is 4.98 Å². The van der Waals surface area contributed by atoms with Crippen LogP contribution in [0.3, 0.4) is 0 Å². The Kier molecular flexibility index (Phi) is 3.30. The zero-order chi connectivity index (χ0) is 14.4. The molecule has 1 unspecified atom stereocenters. The lowest BCUT2D eigenvalue weighted by Crippen LogP contribution is -2.14. The highest BCUT2D eigenvalue weighted by Crippen LogP contribution is 2.32. The normalized spacial score (nSPS) is 14.3. The summed E-state index contributed by atoms with van der Waals surface area (Å²) in [7, 11) is 0. The standard InChI is InChI=1S/C13H16F3N3/c1-7(2)19-11-5-4-9(13(14,15)16)6-10(11)18-12(19)8(3)17/h4-8H,17H2,1-3H3. The number of nitrogens with zero attached hydrogens (tertiary/aromatic N) is 2. The van der Waals surface area contributed by atoms with E-state index >= 15 is 0 Å². The molecule has 1 heterocycles. The number of hydrogen-bond donors (Lipinski definition) is 1. The van der Waals surface area contributed by atoms with Gasteiger partial charge in [-0.2, -0.15) is 13.2 Å². The molecule has 0 aliphatic heterocycles. The van der Waals surface area contributed by atoms with Crippen molar-refractivity contribution in [3.8, 4) is 0 Å². The Bertz CT molecular complexity index is 597. The number of aromatic nitrogens is 2. The first-order valence-corrected chi connectivity index (χ1v) is 6.06. The fourth-order valence-electron chi connectivity index (χ4n) is 2.16. The molecule has 104 valence electrons. The fourth-order valence-corrected chi connectivity index (χ4v) is 2.16. The third-order valence-electron chi connectivity index (χ3n) is 2.97. The SMILES string of the molecule is CC(N)c1nc2cc(C(F)(F)F)ccc2n1C(C)C. The number of hydrogen-bond acceptors (Lipinski definition) is 2. The van der Waals surface area contributed by atoms with Crippen LogP contribution in [0.5, 0.6) is 0 Å². The second kappa shape index (κ2) is 4.52. The van der Waals surface area contributed by atoms with Gasteiger partial charge >= 0.3 is 6.18 Å². The average Bonchev–Trinajstić information content (AvgIpc) is 2.65.